The van der Waals surface area contributed by atoms with E-state index in [2.05, 4.69) is 15.9 Å². The summed E-state index contributed by atoms with van der Waals surface area (Å²) in [5.41, 5.74) is -1.00. The van der Waals surface area contributed by atoms with Gasteiger partial charge in [-0.15, -0.1) is 0 Å². The van der Waals surface area contributed by atoms with E-state index in [-0.39, 0.29) is 11.1 Å². The molecule has 1 amide bonds. The summed E-state index contributed by atoms with van der Waals surface area (Å²) in [7, 11) is 0. The summed E-state index contributed by atoms with van der Waals surface area (Å²) in [6.07, 6.45) is -2.15. The minimum Gasteiger partial charge on any atom is -0.339 e. The SMILES string of the molecule is O=C(NC1(C(=O)CBr)CC1)C(F)F. The van der Waals surface area contributed by atoms with Crippen molar-refractivity contribution in [1.82, 2.24) is 5.32 Å². The molecule has 0 heterocycles. The van der Waals surface area contributed by atoms with Crippen molar-refractivity contribution in [2.75, 3.05) is 5.33 Å². The molecule has 6 heteroatoms. The molecule has 1 N–H and O–H groups in total. The van der Waals surface area contributed by atoms with Gasteiger partial charge in [-0.25, -0.2) is 0 Å². The Morgan fingerprint density at radius 3 is 2.31 bits per heavy atom. The molecular weight excluding hydrogens is 248 g/mol. The van der Waals surface area contributed by atoms with Crippen LogP contribution in [0.25, 0.3) is 0 Å². The third kappa shape index (κ3) is 2.24. The largest absolute Gasteiger partial charge is 0.339 e. The highest BCUT2D eigenvalue weighted by atomic mass is 79.9. The molecule has 1 saturated carbocycles. The van der Waals surface area contributed by atoms with E-state index in [0.717, 1.165) is 0 Å². The van der Waals surface area contributed by atoms with Crippen molar-refractivity contribution in [3.8, 4) is 0 Å². The van der Waals surface area contributed by atoms with Crippen molar-refractivity contribution >= 4 is 27.6 Å². The van der Waals surface area contributed by atoms with E-state index in [1.807, 2.05) is 5.32 Å². The van der Waals surface area contributed by atoms with Crippen molar-refractivity contribution in [3.63, 3.8) is 0 Å². The predicted octanol–water partition coefficient (Wildman–Crippen LogP) is 0.864. The van der Waals surface area contributed by atoms with Crippen LogP contribution in [-0.4, -0.2) is 29.0 Å². The number of carbonyl (C=O) groups is 2. The van der Waals surface area contributed by atoms with Crippen LogP contribution < -0.4 is 5.32 Å². The summed E-state index contributed by atoms with van der Waals surface area (Å²) in [5.74, 6) is -1.62. The first-order valence-electron chi connectivity index (χ1n) is 3.71. The Morgan fingerprint density at radius 1 is 1.46 bits per heavy atom. The highest BCUT2D eigenvalue weighted by Crippen LogP contribution is 2.36. The number of hydrogen-bond donors (Lipinski definition) is 1. The molecule has 3 nitrogen and oxygen atoms in total. The van der Waals surface area contributed by atoms with Gasteiger partial charge in [-0.3, -0.25) is 9.59 Å². The van der Waals surface area contributed by atoms with Crippen LogP contribution in [0.2, 0.25) is 0 Å². The van der Waals surface area contributed by atoms with Gasteiger partial charge in [0.15, 0.2) is 5.78 Å². The van der Waals surface area contributed by atoms with E-state index in [1.165, 1.54) is 0 Å². The molecule has 0 aromatic carbocycles. The standard InChI is InChI=1S/C7H8BrF2NO2/c8-3-4(12)7(1-2-7)11-6(13)5(9)10/h5H,1-3H2,(H,11,13). The molecule has 1 fully saturated rings. The maximum absolute atomic E-state index is 11.8. The minimum absolute atomic E-state index is 0.0799. The second kappa shape index (κ2) is 3.69. The van der Waals surface area contributed by atoms with E-state index in [9.17, 15) is 18.4 Å². The van der Waals surface area contributed by atoms with Gasteiger partial charge in [-0.1, -0.05) is 15.9 Å². The summed E-state index contributed by atoms with van der Waals surface area (Å²) in [6, 6.07) is 0. The van der Waals surface area contributed by atoms with Crippen molar-refractivity contribution < 1.29 is 18.4 Å². The Morgan fingerprint density at radius 2 is 2.00 bits per heavy atom. The molecule has 1 aliphatic carbocycles. The van der Waals surface area contributed by atoms with Gasteiger partial charge in [0.25, 0.3) is 5.91 Å². The van der Waals surface area contributed by atoms with Gasteiger partial charge < -0.3 is 5.32 Å². The first-order valence-corrected chi connectivity index (χ1v) is 4.83. The Bertz CT molecular complexity index is 241. The van der Waals surface area contributed by atoms with Crippen LogP contribution in [-0.2, 0) is 9.59 Å². The average Bonchev–Trinajstić information content (AvgIpc) is 2.84. The van der Waals surface area contributed by atoms with Crippen LogP contribution in [0.15, 0.2) is 0 Å². The van der Waals surface area contributed by atoms with Gasteiger partial charge in [0.2, 0.25) is 0 Å². The lowest BCUT2D eigenvalue weighted by Gasteiger charge is -2.13. The highest BCUT2D eigenvalue weighted by molar-refractivity contribution is 9.09. The number of rotatable bonds is 4. The first-order chi connectivity index (χ1) is 6.02. The van der Waals surface area contributed by atoms with E-state index in [1.54, 1.807) is 0 Å². The van der Waals surface area contributed by atoms with E-state index >= 15 is 0 Å². The van der Waals surface area contributed by atoms with Crippen molar-refractivity contribution in [1.29, 1.82) is 0 Å². The molecule has 0 aliphatic heterocycles. The molecule has 0 radical (unpaired) electrons. The number of nitrogens with one attached hydrogen (secondary N) is 1. The quantitative estimate of drug-likeness (QED) is 0.758. The molecule has 1 rings (SSSR count). The van der Waals surface area contributed by atoms with Gasteiger partial charge in [0, 0.05) is 0 Å². The Balaban J connectivity index is 2.53. The van der Waals surface area contributed by atoms with E-state index < -0.39 is 17.9 Å². The fraction of sp³-hybridized carbons (Fsp3) is 0.714. The Hall–Kier alpha value is -0.520. The topological polar surface area (TPSA) is 46.2 Å². The van der Waals surface area contributed by atoms with Crippen LogP contribution in [0.5, 0.6) is 0 Å². The second-order valence-corrected chi connectivity index (χ2v) is 3.49. The molecule has 0 atom stereocenters. The van der Waals surface area contributed by atoms with Crippen LogP contribution >= 0.6 is 15.9 Å². The van der Waals surface area contributed by atoms with Crippen LogP contribution in [0.4, 0.5) is 8.78 Å². The summed E-state index contributed by atoms with van der Waals surface area (Å²) in [5, 5.41) is 2.13. The molecule has 0 aromatic heterocycles. The Labute approximate surface area is 82.0 Å². The smallest absolute Gasteiger partial charge is 0.315 e. The van der Waals surface area contributed by atoms with Gasteiger partial charge in [-0.05, 0) is 12.8 Å². The number of amides is 1. The lowest BCUT2D eigenvalue weighted by molar-refractivity contribution is -0.135. The molecule has 0 saturated heterocycles. The van der Waals surface area contributed by atoms with Gasteiger partial charge in [-0.2, -0.15) is 8.78 Å². The first kappa shape index (κ1) is 10.6. The van der Waals surface area contributed by atoms with Crippen LogP contribution in [0.1, 0.15) is 12.8 Å². The number of carbonyl (C=O) groups excluding carboxylic acids is 2. The monoisotopic (exact) mass is 255 g/mol. The normalized spacial score (nSPS) is 18.5. The van der Waals surface area contributed by atoms with E-state index in [4.69, 9.17) is 0 Å². The molecule has 1 aliphatic rings. The highest BCUT2D eigenvalue weighted by Gasteiger charge is 2.50. The number of alkyl halides is 3. The van der Waals surface area contributed by atoms with E-state index in [0.29, 0.717) is 12.8 Å². The second-order valence-electron chi connectivity index (χ2n) is 2.93. The average molecular weight is 256 g/mol. The summed E-state index contributed by atoms with van der Waals surface area (Å²) in [4.78, 5) is 21.7. The maximum atomic E-state index is 11.8. The lowest BCUT2D eigenvalue weighted by Crippen LogP contribution is -2.46. The molecule has 0 aromatic rings. The van der Waals surface area contributed by atoms with Crippen molar-refractivity contribution in [2.24, 2.45) is 0 Å². The van der Waals surface area contributed by atoms with Gasteiger partial charge in [0.1, 0.15) is 0 Å². The summed E-state index contributed by atoms with van der Waals surface area (Å²) < 4.78 is 23.6. The number of halogens is 3. The zero-order valence-electron chi connectivity index (χ0n) is 6.65. The minimum atomic E-state index is -3.05. The molecule has 0 spiro atoms. The number of hydrogen-bond acceptors (Lipinski definition) is 2. The van der Waals surface area contributed by atoms with Crippen LogP contribution in [0, 0.1) is 0 Å². The zero-order chi connectivity index (χ0) is 10.1. The van der Waals surface area contributed by atoms with Gasteiger partial charge in [0.05, 0.1) is 10.9 Å². The molecule has 0 unspecified atom stereocenters. The zero-order valence-corrected chi connectivity index (χ0v) is 8.24. The summed E-state index contributed by atoms with van der Waals surface area (Å²) >= 11 is 2.93. The lowest BCUT2D eigenvalue weighted by atomic mass is 10.2. The molecule has 0 bridgehead atoms. The maximum Gasteiger partial charge on any atom is 0.315 e. The fourth-order valence-electron chi connectivity index (χ4n) is 1.02. The fourth-order valence-corrected chi connectivity index (χ4v) is 1.55. The van der Waals surface area contributed by atoms with Crippen molar-refractivity contribution in [2.45, 2.75) is 24.8 Å². The van der Waals surface area contributed by atoms with Crippen LogP contribution in [0.3, 0.4) is 0 Å². The van der Waals surface area contributed by atoms with Gasteiger partial charge >= 0.3 is 6.43 Å². The third-order valence-corrected chi connectivity index (χ3v) is 2.48. The number of Topliss-reactive ketones (excluding diaryl/α,β-unsaturated/α-hetero) is 1. The summed E-state index contributed by atoms with van der Waals surface area (Å²) in [6.45, 7) is 0. The predicted molar refractivity (Wildman–Crippen MR) is 44.9 cm³/mol. The molecule has 13 heavy (non-hydrogen) atoms. The molecule has 74 valence electrons. The van der Waals surface area contributed by atoms with Crippen molar-refractivity contribution in [3.05, 3.63) is 0 Å². The molecular formula is C7H8BrF2NO2. The Kier molecular flexibility index (Phi) is 3.00. The number of ketones is 1. The third-order valence-electron chi connectivity index (χ3n) is 1.97.